The highest BCUT2D eigenvalue weighted by atomic mass is 19.2. The summed E-state index contributed by atoms with van der Waals surface area (Å²) in [6.07, 6.45) is 1.56. The van der Waals surface area contributed by atoms with Crippen LogP contribution in [-0.2, 0) is 19.1 Å². The SMILES string of the molecule is CCC(=O)C(OC[C@@H]1CC[C@@H]2[C@@H](/C=C/[C@@H](O)COc3cccc(F)c3F)[C@H](O)C[C@@H]2OC1)C(=O)O. The first kappa shape index (κ1) is 27.2. The zero-order valence-electron chi connectivity index (χ0n) is 19.5. The minimum Gasteiger partial charge on any atom is -0.487 e. The van der Waals surface area contributed by atoms with Crippen molar-refractivity contribution in [3.8, 4) is 5.75 Å². The topological polar surface area (TPSA) is 123 Å². The Labute approximate surface area is 202 Å². The van der Waals surface area contributed by atoms with E-state index in [9.17, 15) is 33.7 Å². The molecule has 2 aliphatic rings. The third-order valence-electron chi connectivity index (χ3n) is 6.59. The van der Waals surface area contributed by atoms with Crippen molar-refractivity contribution < 1.29 is 47.9 Å². The summed E-state index contributed by atoms with van der Waals surface area (Å²) in [5, 5.41) is 29.9. The number of fused-ring (bicyclic) bond motifs is 1. The zero-order chi connectivity index (χ0) is 25.5. The number of hydrogen-bond donors (Lipinski definition) is 3. The third kappa shape index (κ3) is 7.07. The van der Waals surface area contributed by atoms with Crippen LogP contribution in [0.1, 0.15) is 32.6 Å². The second kappa shape index (κ2) is 12.5. The molecule has 8 nitrogen and oxygen atoms in total. The Morgan fingerprint density at radius 3 is 2.77 bits per heavy atom. The predicted molar refractivity (Wildman–Crippen MR) is 120 cm³/mol. The number of aliphatic hydroxyl groups excluding tert-OH is 2. The fourth-order valence-electron chi connectivity index (χ4n) is 4.65. The lowest BCUT2D eigenvalue weighted by Crippen LogP contribution is -2.34. The number of ketones is 1. The molecular weight excluding hydrogens is 466 g/mol. The smallest absolute Gasteiger partial charge is 0.340 e. The van der Waals surface area contributed by atoms with Crippen LogP contribution in [0.5, 0.6) is 5.75 Å². The van der Waals surface area contributed by atoms with Gasteiger partial charge in [0.25, 0.3) is 0 Å². The van der Waals surface area contributed by atoms with E-state index in [0.717, 1.165) is 6.07 Å². The van der Waals surface area contributed by atoms with Crippen LogP contribution in [-0.4, -0.2) is 71.3 Å². The zero-order valence-corrected chi connectivity index (χ0v) is 19.5. The minimum absolute atomic E-state index is 0.0208. The number of ether oxygens (including phenoxy) is 3. The van der Waals surface area contributed by atoms with E-state index in [1.54, 1.807) is 13.0 Å². The second-order valence-corrected chi connectivity index (χ2v) is 9.05. The Balaban J connectivity index is 1.53. The van der Waals surface area contributed by atoms with Gasteiger partial charge in [0.05, 0.1) is 25.4 Å². The van der Waals surface area contributed by atoms with E-state index in [4.69, 9.17) is 14.2 Å². The van der Waals surface area contributed by atoms with Gasteiger partial charge in [-0.3, -0.25) is 4.79 Å². The van der Waals surface area contributed by atoms with Crippen LogP contribution in [0, 0.1) is 29.4 Å². The molecule has 1 saturated heterocycles. The van der Waals surface area contributed by atoms with E-state index < -0.39 is 41.7 Å². The first-order valence-electron chi connectivity index (χ1n) is 11.8. The molecule has 0 spiro atoms. The molecule has 1 saturated carbocycles. The predicted octanol–water partition coefficient (Wildman–Crippen LogP) is 2.50. The van der Waals surface area contributed by atoms with Crippen LogP contribution < -0.4 is 4.74 Å². The molecule has 194 valence electrons. The highest BCUT2D eigenvalue weighted by Gasteiger charge is 2.43. The average molecular weight is 499 g/mol. The molecule has 1 aromatic rings. The molecule has 3 N–H and O–H groups in total. The number of halogens is 2. The first-order valence-corrected chi connectivity index (χ1v) is 11.8. The maximum absolute atomic E-state index is 13.7. The van der Waals surface area contributed by atoms with E-state index in [1.165, 1.54) is 18.2 Å². The average Bonchev–Trinajstić information content (AvgIpc) is 2.99. The molecule has 0 bridgehead atoms. The quantitative estimate of drug-likeness (QED) is 0.314. The number of carbonyl (C=O) groups excluding carboxylic acids is 1. The van der Waals surface area contributed by atoms with Crippen molar-refractivity contribution in [2.75, 3.05) is 19.8 Å². The summed E-state index contributed by atoms with van der Waals surface area (Å²) in [5.74, 6) is -4.65. The monoisotopic (exact) mass is 498 g/mol. The first-order chi connectivity index (χ1) is 16.7. The lowest BCUT2D eigenvalue weighted by Gasteiger charge is -2.21. The van der Waals surface area contributed by atoms with Gasteiger partial charge in [0.2, 0.25) is 11.9 Å². The molecule has 1 aliphatic heterocycles. The lowest BCUT2D eigenvalue weighted by atomic mass is 9.87. The van der Waals surface area contributed by atoms with Crippen molar-refractivity contribution in [3.63, 3.8) is 0 Å². The number of hydrogen-bond acceptors (Lipinski definition) is 7. The summed E-state index contributed by atoms with van der Waals surface area (Å²) in [6, 6.07) is 3.54. The van der Waals surface area contributed by atoms with Crippen LogP contribution in [0.25, 0.3) is 0 Å². The molecule has 0 aromatic heterocycles. The van der Waals surface area contributed by atoms with Crippen molar-refractivity contribution in [1.29, 1.82) is 0 Å². The number of Topliss-reactive ketones (excluding diaryl/α,β-unsaturated/α-hetero) is 1. The lowest BCUT2D eigenvalue weighted by molar-refractivity contribution is -0.157. The van der Waals surface area contributed by atoms with E-state index in [-0.39, 0.29) is 49.2 Å². The van der Waals surface area contributed by atoms with Gasteiger partial charge in [-0.15, -0.1) is 0 Å². The van der Waals surface area contributed by atoms with Crippen molar-refractivity contribution in [2.45, 2.75) is 57.0 Å². The fourth-order valence-corrected chi connectivity index (χ4v) is 4.65. The minimum atomic E-state index is -1.48. The summed E-state index contributed by atoms with van der Waals surface area (Å²) in [4.78, 5) is 23.1. The highest BCUT2D eigenvalue weighted by Crippen LogP contribution is 2.41. The van der Waals surface area contributed by atoms with Gasteiger partial charge in [-0.2, -0.15) is 4.39 Å². The Morgan fingerprint density at radius 2 is 2.06 bits per heavy atom. The van der Waals surface area contributed by atoms with Crippen LogP contribution >= 0.6 is 0 Å². The molecule has 10 heteroatoms. The van der Waals surface area contributed by atoms with E-state index >= 15 is 0 Å². The Kier molecular flexibility index (Phi) is 9.73. The fraction of sp³-hybridized carbons (Fsp3) is 0.600. The number of aliphatic carboxylic acids is 1. The summed E-state index contributed by atoms with van der Waals surface area (Å²) in [7, 11) is 0. The molecule has 35 heavy (non-hydrogen) atoms. The molecule has 1 heterocycles. The summed E-state index contributed by atoms with van der Waals surface area (Å²) in [5.41, 5.74) is 0. The van der Waals surface area contributed by atoms with Crippen molar-refractivity contribution in [2.24, 2.45) is 17.8 Å². The van der Waals surface area contributed by atoms with Crippen molar-refractivity contribution >= 4 is 11.8 Å². The Bertz CT molecular complexity index is 907. The van der Waals surface area contributed by atoms with Gasteiger partial charge in [-0.25, -0.2) is 9.18 Å². The van der Waals surface area contributed by atoms with E-state index in [0.29, 0.717) is 25.9 Å². The summed E-state index contributed by atoms with van der Waals surface area (Å²) in [6.45, 7) is 1.70. The molecule has 1 aliphatic carbocycles. The van der Waals surface area contributed by atoms with Crippen LogP contribution in [0.2, 0.25) is 0 Å². The molecule has 0 radical (unpaired) electrons. The molecular formula is C25H32F2O8. The molecule has 0 amide bonds. The van der Waals surface area contributed by atoms with Gasteiger partial charge < -0.3 is 29.5 Å². The Hall–Kier alpha value is -2.40. The molecule has 1 unspecified atom stereocenters. The van der Waals surface area contributed by atoms with Gasteiger partial charge in [0.15, 0.2) is 17.3 Å². The second-order valence-electron chi connectivity index (χ2n) is 9.05. The maximum atomic E-state index is 13.7. The maximum Gasteiger partial charge on any atom is 0.340 e. The molecule has 3 rings (SSSR count). The molecule has 2 fully saturated rings. The largest absolute Gasteiger partial charge is 0.487 e. The van der Waals surface area contributed by atoms with Crippen LogP contribution in [0.3, 0.4) is 0 Å². The van der Waals surface area contributed by atoms with Crippen LogP contribution in [0.4, 0.5) is 8.78 Å². The number of aliphatic hydroxyl groups is 2. The standard InChI is InChI=1S/C25H32F2O8/c1-2-19(29)24(25(31)32)35-12-14-6-8-17-16(20(30)10-22(17)33-11-14)9-7-15(28)13-34-21-5-3-4-18(26)23(21)27/h3-5,7,9,14-17,20,22,24,28,30H,2,6,8,10-13H2,1H3,(H,31,32)/b9-7+/t14-,15-,16-,17-,20-,22+,24?/m1/s1. The Morgan fingerprint density at radius 1 is 1.29 bits per heavy atom. The summed E-state index contributed by atoms with van der Waals surface area (Å²) < 4.78 is 43.5. The van der Waals surface area contributed by atoms with Gasteiger partial charge in [-0.1, -0.05) is 25.1 Å². The van der Waals surface area contributed by atoms with Gasteiger partial charge in [0.1, 0.15) is 12.7 Å². The van der Waals surface area contributed by atoms with E-state index in [2.05, 4.69) is 0 Å². The summed E-state index contributed by atoms with van der Waals surface area (Å²) >= 11 is 0. The number of carbonyl (C=O) groups is 2. The van der Waals surface area contributed by atoms with Crippen LogP contribution in [0.15, 0.2) is 30.4 Å². The van der Waals surface area contributed by atoms with E-state index in [1.807, 2.05) is 0 Å². The normalized spacial score (nSPS) is 28.3. The molecule has 1 aromatic carbocycles. The van der Waals surface area contributed by atoms with Gasteiger partial charge in [0, 0.05) is 24.7 Å². The molecule has 7 atom stereocenters. The highest BCUT2D eigenvalue weighted by molar-refractivity contribution is 6.01. The number of rotatable bonds is 11. The van der Waals surface area contributed by atoms with Crippen molar-refractivity contribution in [1.82, 2.24) is 0 Å². The number of carboxylic acid groups (broad SMARTS) is 1. The van der Waals surface area contributed by atoms with Crippen molar-refractivity contribution in [3.05, 3.63) is 42.0 Å². The van der Waals surface area contributed by atoms with Gasteiger partial charge in [-0.05, 0) is 30.9 Å². The third-order valence-corrected chi connectivity index (χ3v) is 6.59. The van der Waals surface area contributed by atoms with Gasteiger partial charge >= 0.3 is 5.97 Å². The number of benzene rings is 1. The number of carboxylic acids is 1.